The van der Waals surface area contributed by atoms with E-state index in [1.54, 1.807) is 13.8 Å². The van der Waals surface area contributed by atoms with Crippen LogP contribution in [-0.2, 0) is 31.5 Å². The molecule has 0 aromatic heterocycles. The molecule has 0 spiro atoms. The number of ketones is 3. The Hall–Kier alpha value is -0.471. The zero-order valence-electron chi connectivity index (χ0n) is 6.49. The van der Waals surface area contributed by atoms with Gasteiger partial charge in [0.1, 0.15) is 0 Å². The van der Waals surface area contributed by atoms with Gasteiger partial charge in [0.15, 0.2) is 0 Å². The molecule has 0 aliphatic rings. The van der Waals surface area contributed by atoms with Crippen molar-refractivity contribution in [2.75, 3.05) is 0 Å². The molecule has 0 amide bonds. The van der Waals surface area contributed by atoms with E-state index in [-0.39, 0.29) is 29.9 Å². The fourth-order valence-electron chi connectivity index (χ4n) is 0.477. The van der Waals surface area contributed by atoms with Crippen LogP contribution in [0.25, 0.3) is 0 Å². The maximum atomic E-state index is 10.6. The molecule has 0 radical (unpaired) electrons. The van der Waals surface area contributed by atoms with Crippen LogP contribution in [0.5, 0.6) is 0 Å². The Bertz CT molecular complexity index is 157. The van der Waals surface area contributed by atoms with Crippen LogP contribution in [0.3, 0.4) is 0 Å². The van der Waals surface area contributed by atoms with E-state index in [4.69, 9.17) is 0 Å². The molecule has 4 heteroatoms. The van der Waals surface area contributed by atoms with E-state index in [0.29, 0.717) is 0 Å². The van der Waals surface area contributed by atoms with Crippen LogP contribution in [0.2, 0.25) is 0 Å². The molecule has 0 saturated heterocycles. The van der Waals surface area contributed by atoms with Gasteiger partial charge in [-0.2, -0.15) is 0 Å². The Morgan fingerprint density at radius 3 is 1.36 bits per heavy atom. The molecule has 0 bridgehead atoms. The summed E-state index contributed by atoms with van der Waals surface area (Å²) in [6.45, 7) is 3.12. The number of carbonyl (C=O) groups is 3. The smallest absolute Gasteiger partial charge is 0.264 e. The molecule has 0 N–H and O–H groups in total. The molecule has 0 aromatic rings. The van der Waals surface area contributed by atoms with Crippen molar-refractivity contribution < 1.29 is 31.5 Å². The summed E-state index contributed by atoms with van der Waals surface area (Å²) < 4.78 is 0. The molecule has 0 aliphatic carbocycles. The molecule has 0 saturated carbocycles. The number of rotatable bonds is 4. The van der Waals surface area contributed by atoms with Crippen molar-refractivity contribution in [2.24, 2.45) is 0 Å². The Morgan fingerprint density at radius 2 is 1.18 bits per heavy atom. The summed E-state index contributed by atoms with van der Waals surface area (Å²) in [5.41, 5.74) is 0. The van der Waals surface area contributed by atoms with Gasteiger partial charge in [-0.25, -0.2) is 0 Å². The van der Waals surface area contributed by atoms with Crippen molar-refractivity contribution >= 4 is 17.3 Å². The molecule has 11 heavy (non-hydrogen) atoms. The van der Waals surface area contributed by atoms with Crippen molar-refractivity contribution in [3.63, 3.8) is 0 Å². The molecular weight excluding hydrogens is 188 g/mol. The summed E-state index contributed by atoms with van der Waals surface area (Å²) in [5, 5.41) is 0. The molecule has 0 rings (SSSR count). The number of carbonyl (C=O) groups excluding carboxylic acids is 3. The van der Waals surface area contributed by atoms with Gasteiger partial charge in [-0.3, -0.25) is 14.4 Å². The van der Waals surface area contributed by atoms with Gasteiger partial charge < -0.3 is 0 Å². The quantitative estimate of drug-likeness (QED) is 0.375. The van der Waals surface area contributed by atoms with Gasteiger partial charge in [-0.05, 0) is 0 Å². The predicted molar refractivity (Wildman–Crippen MR) is 35.6 cm³/mol. The molecule has 0 aliphatic heterocycles. The van der Waals surface area contributed by atoms with Crippen LogP contribution in [0.4, 0.5) is 0 Å². The van der Waals surface area contributed by atoms with Crippen LogP contribution in [0.1, 0.15) is 26.7 Å². The molecule has 64 valence electrons. The third kappa shape index (κ3) is 4.06. The van der Waals surface area contributed by atoms with E-state index >= 15 is 0 Å². The minimum absolute atomic E-state index is 0. The first-order chi connectivity index (χ1) is 4.63. The maximum Gasteiger partial charge on any atom is 0.264 e. The van der Waals surface area contributed by atoms with Crippen LogP contribution >= 0.6 is 0 Å². The second-order valence-electron chi connectivity index (χ2n) is 1.88. The van der Waals surface area contributed by atoms with E-state index in [1.165, 1.54) is 0 Å². The Balaban J connectivity index is 0. The maximum absolute atomic E-state index is 10.6. The molecule has 3 nitrogen and oxygen atoms in total. The first kappa shape index (κ1) is 13.1. The molecule has 0 fully saturated rings. The Kier molecular flexibility index (Phi) is 7.47. The van der Waals surface area contributed by atoms with Crippen molar-refractivity contribution in [1.82, 2.24) is 0 Å². The van der Waals surface area contributed by atoms with Gasteiger partial charge in [0.25, 0.3) is 5.78 Å². The molecule has 0 atom stereocenters. The molecule has 0 unspecified atom stereocenters. The van der Waals surface area contributed by atoms with E-state index < -0.39 is 17.3 Å². The van der Waals surface area contributed by atoms with E-state index in [2.05, 4.69) is 0 Å². The van der Waals surface area contributed by atoms with Crippen molar-refractivity contribution in [3.05, 3.63) is 0 Å². The monoisotopic (exact) mass is 198 g/mol. The zero-order chi connectivity index (χ0) is 8.15. The van der Waals surface area contributed by atoms with E-state index in [9.17, 15) is 14.4 Å². The summed E-state index contributed by atoms with van der Waals surface area (Å²) in [6.07, 6.45) is 0.231. The van der Waals surface area contributed by atoms with Crippen molar-refractivity contribution in [2.45, 2.75) is 26.7 Å². The Labute approximate surface area is 76.0 Å². The largest absolute Gasteiger partial charge is 0.290 e. The number of hydrogen-bond donors (Lipinski definition) is 0. The third-order valence-corrected chi connectivity index (χ3v) is 1.15. The van der Waals surface area contributed by atoms with Gasteiger partial charge in [0.2, 0.25) is 11.6 Å². The normalized spacial score (nSPS) is 8.18. The minimum atomic E-state index is -0.856. The van der Waals surface area contributed by atoms with E-state index in [1.807, 2.05) is 0 Å². The SMILES string of the molecule is CCC(=O)C(=O)C(=O)CC.[Fe]. The van der Waals surface area contributed by atoms with Gasteiger partial charge in [-0.1, -0.05) is 13.8 Å². The fraction of sp³-hybridized carbons (Fsp3) is 0.571. The summed E-state index contributed by atoms with van der Waals surface area (Å²) >= 11 is 0. The summed E-state index contributed by atoms with van der Waals surface area (Å²) in [6, 6.07) is 0. The predicted octanol–water partition coefficient (Wildman–Crippen LogP) is 0.511. The average Bonchev–Trinajstić information content (AvgIpc) is 2.00. The standard InChI is InChI=1S/C7H10O3.Fe/c1-3-5(8)7(10)6(9)4-2;/h3-4H2,1-2H3;. The van der Waals surface area contributed by atoms with Crippen LogP contribution in [0.15, 0.2) is 0 Å². The second-order valence-corrected chi connectivity index (χ2v) is 1.88. The van der Waals surface area contributed by atoms with Gasteiger partial charge in [0.05, 0.1) is 0 Å². The van der Waals surface area contributed by atoms with Gasteiger partial charge >= 0.3 is 0 Å². The second kappa shape index (κ2) is 6.25. The summed E-state index contributed by atoms with van der Waals surface area (Å²) in [5.74, 6) is -2.04. The third-order valence-electron chi connectivity index (χ3n) is 1.15. The Morgan fingerprint density at radius 1 is 0.909 bits per heavy atom. The average molecular weight is 198 g/mol. The number of Topliss-reactive ketones (excluding diaryl/α,β-unsaturated/α-hetero) is 3. The summed E-state index contributed by atoms with van der Waals surface area (Å²) in [7, 11) is 0. The van der Waals surface area contributed by atoms with Gasteiger partial charge in [-0.15, -0.1) is 0 Å². The van der Waals surface area contributed by atoms with Crippen LogP contribution in [-0.4, -0.2) is 17.3 Å². The molecular formula is C7H10FeO3. The van der Waals surface area contributed by atoms with E-state index in [0.717, 1.165) is 0 Å². The fourth-order valence-corrected chi connectivity index (χ4v) is 0.477. The van der Waals surface area contributed by atoms with Crippen molar-refractivity contribution in [3.8, 4) is 0 Å². The molecule has 0 aromatic carbocycles. The first-order valence-corrected chi connectivity index (χ1v) is 3.23. The summed E-state index contributed by atoms with van der Waals surface area (Å²) in [4.78, 5) is 31.7. The zero-order valence-corrected chi connectivity index (χ0v) is 7.60. The topological polar surface area (TPSA) is 51.2 Å². The number of hydrogen-bond acceptors (Lipinski definition) is 3. The van der Waals surface area contributed by atoms with Crippen LogP contribution < -0.4 is 0 Å². The van der Waals surface area contributed by atoms with Gasteiger partial charge in [0, 0.05) is 29.9 Å². The first-order valence-electron chi connectivity index (χ1n) is 3.23. The van der Waals surface area contributed by atoms with Crippen molar-refractivity contribution in [1.29, 1.82) is 0 Å². The van der Waals surface area contributed by atoms with Crippen LogP contribution in [0, 0.1) is 0 Å². The minimum Gasteiger partial charge on any atom is -0.290 e. The molecule has 0 heterocycles.